The lowest BCUT2D eigenvalue weighted by Gasteiger charge is -2.41. The first-order valence-electron chi connectivity index (χ1n) is 13.1. The minimum atomic E-state index is -1.08. The minimum absolute atomic E-state index is 0.0414. The van der Waals surface area contributed by atoms with E-state index < -0.39 is 18.2 Å². The van der Waals surface area contributed by atoms with Crippen molar-refractivity contribution in [3.05, 3.63) is 45.6 Å². The van der Waals surface area contributed by atoms with Crippen LogP contribution in [0.25, 0.3) is 0 Å². The number of rotatable bonds is 15. The van der Waals surface area contributed by atoms with E-state index in [1.165, 1.54) is 7.11 Å². The van der Waals surface area contributed by atoms with Crippen LogP contribution >= 0.6 is 22.6 Å². The molecule has 10 heteroatoms. The number of carbonyl (C=O) groups is 2. The summed E-state index contributed by atoms with van der Waals surface area (Å²) in [4.78, 5) is 28.1. The Balaban J connectivity index is 1.92. The molecule has 38 heavy (non-hydrogen) atoms. The topological polar surface area (TPSA) is 129 Å². The molecule has 0 heterocycles. The number of aliphatic hydroxyl groups excluding tert-OH is 3. The summed E-state index contributed by atoms with van der Waals surface area (Å²) in [7, 11) is 1.49. The third-order valence-electron chi connectivity index (χ3n) is 6.86. The van der Waals surface area contributed by atoms with Crippen molar-refractivity contribution < 1.29 is 34.4 Å². The lowest BCUT2D eigenvalue weighted by molar-refractivity contribution is -0.139. The minimum Gasteiger partial charge on any atom is -0.493 e. The maximum absolute atomic E-state index is 13.4. The van der Waals surface area contributed by atoms with Crippen molar-refractivity contribution in [2.24, 2.45) is 5.92 Å². The molecule has 1 aromatic rings. The molecule has 2 aliphatic carbocycles. The van der Waals surface area contributed by atoms with Crippen molar-refractivity contribution >= 4 is 34.4 Å². The average Bonchev–Trinajstić information content (AvgIpc) is 3.74. The van der Waals surface area contributed by atoms with Gasteiger partial charge in [-0.15, -0.1) is 6.58 Å². The molecule has 4 N–H and O–H groups in total. The second-order valence-corrected chi connectivity index (χ2v) is 11.0. The molecule has 210 valence electrons. The Morgan fingerprint density at radius 1 is 1.26 bits per heavy atom. The zero-order valence-electron chi connectivity index (χ0n) is 21.9. The second-order valence-electron chi connectivity index (χ2n) is 9.81. The van der Waals surface area contributed by atoms with Crippen molar-refractivity contribution in [3.63, 3.8) is 0 Å². The van der Waals surface area contributed by atoms with Gasteiger partial charge < -0.3 is 35.0 Å². The monoisotopic (exact) mass is 642 g/mol. The lowest BCUT2D eigenvalue weighted by Crippen LogP contribution is -2.55. The van der Waals surface area contributed by atoms with Crippen molar-refractivity contribution in [2.45, 2.75) is 69.8 Å². The van der Waals surface area contributed by atoms with Crippen molar-refractivity contribution in [1.82, 2.24) is 10.2 Å². The van der Waals surface area contributed by atoms with E-state index in [4.69, 9.17) is 9.47 Å². The summed E-state index contributed by atoms with van der Waals surface area (Å²) in [6.45, 7) is 4.00. The van der Waals surface area contributed by atoms with Gasteiger partial charge in [0.05, 0.1) is 29.9 Å². The highest BCUT2D eigenvalue weighted by Gasteiger charge is 2.42. The van der Waals surface area contributed by atoms with Gasteiger partial charge in [0, 0.05) is 31.5 Å². The first-order valence-corrected chi connectivity index (χ1v) is 14.2. The average molecular weight is 643 g/mol. The Bertz CT molecular complexity index is 1010. The van der Waals surface area contributed by atoms with E-state index in [1.807, 2.05) is 6.08 Å². The quantitative estimate of drug-likeness (QED) is 0.132. The van der Waals surface area contributed by atoms with Crippen LogP contribution in [0.2, 0.25) is 0 Å². The van der Waals surface area contributed by atoms with Gasteiger partial charge in [-0.25, -0.2) is 0 Å². The second kappa shape index (κ2) is 14.9. The summed E-state index contributed by atoms with van der Waals surface area (Å²) in [5.41, 5.74) is 1.04. The number of benzene rings is 1. The molecule has 2 amide bonds. The number of methoxy groups -OCH3 is 1. The van der Waals surface area contributed by atoms with Gasteiger partial charge in [0.25, 0.3) is 0 Å². The SMILES string of the molecule is C=CCCCCC(=O)N(CC1CC1)[C@@H]1CC(C(=O)NCCO)=C[C@H](Oc2c(I)cc(CO)cc2OC)[C@H]1O. The summed E-state index contributed by atoms with van der Waals surface area (Å²) in [6.07, 6.45) is 6.45. The largest absolute Gasteiger partial charge is 0.493 e. The van der Waals surface area contributed by atoms with Gasteiger partial charge in [0.2, 0.25) is 11.8 Å². The van der Waals surface area contributed by atoms with Crippen LogP contribution in [0.1, 0.15) is 50.5 Å². The van der Waals surface area contributed by atoms with E-state index in [0.717, 1.165) is 32.1 Å². The number of hydrogen-bond acceptors (Lipinski definition) is 7. The Kier molecular flexibility index (Phi) is 11.9. The van der Waals surface area contributed by atoms with Gasteiger partial charge in [-0.05, 0) is 84.4 Å². The highest BCUT2D eigenvalue weighted by Crippen LogP contribution is 2.38. The number of allylic oxidation sites excluding steroid dienone is 1. The molecule has 0 spiro atoms. The van der Waals surface area contributed by atoms with Crippen LogP contribution in [-0.2, 0) is 16.2 Å². The van der Waals surface area contributed by atoms with Crippen LogP contribution < -0.4 is 14.8 Å². The van der Waals surface area contributed by atoms with Crippen LogP contribution in [0.15, 0.2) is 36.4 Å². The van der Waals surface area contributed by atoms with E-state index >= 15 is 0 Å². The molecular formula is C28H39IN2O7. The van der Waals surface area contributed by atoms with Crippen LogP contribution in [0.4, 0.5) is 0 Å². The smallest absolute Gasteiger partial charge is 0.247 e. The number of nitrogens with one attached hydrogen (secondary N) is 1. The van der Waals surface area contributed by atoms with Gasteiger partial charge in [-0.3, -0.25) is 9.59 Å². The lowest BCUT2D eigenvalue weighted by atomic mass is 9.87. The molecule has 2 aliphatic rings. The zero-order valence-corrected chi connectivity index (χ0v) is 24.1. The number of amides is 2. The predicted molar refractivity (Wildman–Crippen MR) is 152 cm³/mol. The van der Waals surface area contributed by atoms with Gasteiger partial charge in [0.1, 0.15) is 12.2 Å². The Labute approximate surface area is 238 Å². The van der Waals surface area contributed by atoms with Gasteiger partial charge >= 0.3 is 0 Å². The Morgan fingerprint density at radius 3 is 2.66 bits per heavy atom. The first-order chi connectivity index (χ1) is 18.3. The summed E-state index contributed by atoms with van der Waals surface area (Å²) >= 11 is 2.08. The molecule has 1 aromatic carbocycles. The third-order valence-corrected chi connectivity index (χ3v) is 7.66. The fourth-order valence-electron chi connectivity index (χ4n) is 4.60. The Morgan fingerprint density at radius 2 is 2.03 bits per heavy atom. The van der Waals surface area contributed by atoms with E-state index in [2.05, 4.69) is 34.5 Å². The molecule has 0 saturated heterocycles. The first kappa shape index (κ1) is 30.4. The molecule has 0 bridgehead atoms. The highest BCUT2D eigenvalue weighted by atomic mass is 127. The zero-order chi connectivity index (χ0) is 27.7. The molecule has 9 nitrogen and oxygen atoms in total. The third kappa shape index (κ3) is 8.17. The van der Waals surface area contributed by atoms with E-state index in [0.29, 0.717) is 45.1 Å². The van der Waals surface area contributed by atoms with Crippen molar-refractivity contribution in [2.75, 3.05) is 26.8 Å². The molecule has 0 aromatic heterocycles. The maximum atomic E-state index is 13.4. The number of unbranched alkanes of at least 4 members (excludes halogenated alkanes) is 2. The number of hydrogen-bond donors (Lipinski definition) is 4. The molecule has 0 radical (unpaired) electrons. The fourth-order valence-corrected chi connectivity index (χ4v) is 5.40. The molecule has 3 atom stereocenters. The predicted octanol–water partition coefficient (Wildman–Crippen LogP) is 2.69. The fraction of sp³-hybridized carbons (Fsp3) is 0.571. The number of halogens is 1. The summed E-state index contributed by atoms with van der Waals surface area (Å²) in [5.74, 6) is 0.754. The molecular weight excluding hydrogens is 603 g/mol. The van der Waals surface area contributed by atoms with Crippen LogP contribution in [-0.4, -0.2) is 77.1 Å². The molecule has 1 fully saturated rings. The highest BCUT2D eigenvalue weighted by molar-refractivity contribution is 14.1. The number of ether oxygens (including phenoxy) is 2. The molecule has 0 unspecified atom stereocenters. The molecule has 3 rings (SSSR count). The number of carbonyl (C=O) groups excluding carboxylic acids is 2. The summed E-state index contributed by atoms with van der Waals surface area (Å²) in [6, 6.07) is 2.78. The summed E-state index contributed by atoms with van der Waals surface area (Å²) < 4.78 is 12.4. The van der Waals surface area contributed by atoms with Gasteiger partial charge in [-0.2, -0.15) is 0 Å². The van der Waals surface area contributed by atoms with Crippen molar-refractivity contribution in [3.8, 4) is 11.5 Å². The van der Waals surface area contributed by atoms with Gasteiger partial charge in [0.15, 0.2) is 11.5 Å². The van der Waals surface area contributed by atoms with Crippen molar-refractivity contribution in [1.29, 1.82) is 0 Å². The van der Waals surface area contributed by atoms with E-state index in [-0.39, 0.29) is 38.0 Å². The standard InChI is InChI=1S/C28H39IN2O7/c1-3-4-5-6-7-25(34)31(16-18-8-9-18)22-14-20(28(36)30-10-11-32)15-23(26(22)35)38-27-21(29)12-19(17-33)13-24(27)37-2/h3,12-13,15,18,22-23,26,32-33,35H,1,4-11,14,16-17H2,2H3,(H,30,36)/t22-,23+,26+/m1/s1. The number of aliphatic hydroxyl groups is 3. The van der Waals surface area contributed by atoms with E-state index in [1.54, 1.807) is 23.1 Å². The normalized spacial score (nSPS) is 20.9. The van der Waals surface area contributed by atoms with Crippen LogP contribution in [0.3, 0.4) is 0 Å². The van der Waals surface area contributed by atoms with Gasteiger partial charge in [-0.1, -0.05) is 6.08 Å². The maximum Gasteiger partial charge on any atom is 0.247 e. The Hall–Kier alpha value is -2.15. The molecule has 0 aliphatic heterocycles. The van der Waals surface area contributed by atoms with E-state index in [9.17, 15) is 24.9 Å². The number of nitrogens with zero attached hydrogens (tertiary/aromatic N) is 1. The summed E-state index contributed by atoms with van der Waals surface area (Å²) in [5, 5.41) is 33.0. The molecule has 1 saturated carbocycles. The van der Waals surface area contributed by atoms with Crippen LogP contribution in [0.5, 0.6) is 11.5 Å². The van der Waals surface area contributed by atoms with Crippen LogP contribution in [0, 0.1) is 9.49 Å².